The average Bonchev–Trinajstić information content (AvgIpc) is 3.17. The molecule has 1 atom stereocenters. The molecule has 3 rings (SSSR count). The third kappa shape index (κ3) is 3.01. The van der Waals surface area contributed by atoms with Crippen LogP contribution in [0.3, 0.4) is 0 Å². The van der Waals surface area contributed by atoms with E-state index in [1.807, 2.05) is 0 Å². The quantitative estimate of drug-likeness (QED) is 0.850. The van der Waals surface area contributed by atoms with Crippen molar-refractivity contribution >= 4 is 23.3 Å². The molecule has 0 saturated heterocycles. The zero-order valence-electron chi connectivity index (χ0n) is 14.3. The van der Waals surface area contributed by atoms with Crippen LogP contribution in [-0.2, 0) is 9.59 Å². The van der Waals surface area contributed by atoms with Crippen molar-refractivity contribution in [3.63, 3.8) is 0 Å². The zero-order valence-corrected chi connectivity index (χ0v) is 15.1. The fourth-order valence-electron chi connectivity index (χ4n) is 3.77. The van der Waals surface area contributed by atoms with E-state index in [4.69, 9.17) is 11.6 Å². The van der Waals surface area contributed by atoms with E-state index in [0.717, 1.165) is 25.7 Å². The van der Waals surface area contributed by atoms with Crippen molar-refractivity contribution in [1.29, 1.82) is 0 Å². The molecule has 1 fully saturated rings. The lowest BCUT2D eigenvalue weighted by molar-refractivity contribution is -0.131. The van der Waals surface area contributed by atoms with Gasteiger partial charge in [0.15, 0.2) is 11.5 Å². The number of halogens is 1. The van der Waals surface area contributed by atoms with E-state index in [1.165, 1.54) is 6.07 Å². The Kier molecular flexibility index (Phi) is 4.78. The van der Waals surface area contributed by atoms with E-state index >= 15 is 0 Å². The molecule has 1 amide bonds. The van der Waals surface area contributed by atoms with E-state index in [0.29, 0.717) is 5.56 Å². The number of ketones is 1. The van der Waals surface area contributed by atoms with Gasteiger partial charge in [-0.1, -0.05) is 44.4 Å². The molecule has 2 aliphatic rings. The van der Waals surface area contributed by atoms with Gasteiger partial charge in [0.05, 0.1) is 16.6 Å². The van der Waals surface area contributed by atoms with Gasteiger partial charge in [-0.2, -0.15) is 0 Å². The molecular formula is C19H22ClNO4. The SMILES string of the molecule is CC(C)C(=O)C1=C(O)C(=O)N(C2CCCC2)C1c1ccc(O)c(Cl)c1. The largest absolute Gasteiger partial charge is 0.506 e. The number of phenols is 1. The summed E-state index contributed by atoms with van der Waals surface area (Å²) in [6, 6.07) is 3.98. The molecule has 1 aromatic carbocycles. The number of benzene rings is 1. The number of amides is 1. The predicted octanol–water partition coefficient (Wildman–Crippen LogP) is 3.91. The van der Waals surface area contributed by atoms with Crippen LogP contribution >= 0.6 is 11.6 Å². The van der Waals surface area contributed by atoms with Crippen LogP contribution in [0.2, 0.25) is 5.02 Å². The minimum atomic E-state index is -0.663. The first kappa shape index (κ1) is 17.8. The van der Waals surface area contributed by atoms with Gasteiger partial charge in [0, 0.05) is 12.0 Å². The third-order valence-corrected chi connectivity index (χ3v) is 5.34. The van der Waals surface area contributed by atoms with E-state index in [2.05, 4.69) is 0 Å². The van der Waals surface area contributed by atoms with E-state index in [1.54, 1.807) is 30.9 Å². The van der Waals surface area contributed by atoms with Crippen molar-refractivity contribution in [2.24, 2.45) is 5.92 Å². The van der Waals surface area contributed by atoms with Crippen molar-refractivity contribution in [1.82, 2.24) is 4.90 Å². The second kappa shape index (κ2) is 6.71. The second-order valence-corrected chi connectivity index (χ2v) is 7.45. The van der Waals surface area contributed by atoms with Crippen molar-refractivity contribution < 1.29 is 19.8 Å². The van der Waals surface area contributed by atoms with Crippen molar-refractivity contribution in [2.75, 3.05) is 0 Å². The lowest BCUT2D eigenvalue weighted by atomic mass is 9.90. The standard InChI is InChI=1S/C19H22ClNO4/c1-10(2)17(23)15-16(11-7-8-14(22)13(20)9-11)21(19(25)18(15)24)12-5-3-4-6-12/h7-10,12,16,22,24H,3-6H2,1-2H3. The van der Waals surface area contributed by atoms with Gasteiger partial charge in [0.25, 0.3) is 5.91 Å². The van der Waals surface area contributed by atoms with Crippen molar-refractivity contribution in [3.8, 4) is 5.75 Å². The van der Waals surface area contributed by atoms with E-state index < -0.39 is 17.7 Å². The number of carbonyl (C=O) groups is 2. The molecule has 0 aromatic heterocycles. The fourth-order valence-corrected chi connectivity index (χ4v) is 3.95. The number of Topliss-reactive ketones (excluding diaryl/α,β-unsaturated/α-hetero) is 1. The van der Waals surface area contributed by atoms with Crippen LogP contribution in [0.5, 0.6) is 5.75 Å². The third-order valence-electron chi connectivity index (χ3n) is 5.04. The Hall–Kier alpha value is -2.01. The molecule has 1 aromatic rings. The van der Waals surface area contributed by atoms with Crippen LogP contribution in [0.1, 0.15) is 51.1 Å². The van der Waals surface area contributed by atoms with Gasteiger partial charge in [-0.25, -0.2) is 0 Å². The fraction of sp³-hybridized carbons (Fsp3) is 0.474. The van der Waals surface area contributed by atoms with Gasteiger partial charge in [-0.05, 0) is 30.5 Å². The van der Waals surface area contributed by atoms with Gasteiger partial charge in [-0.3, -0.25) is 9.59 Å². The topological polar surface area (TPSA) is 77.8 Å². The van der Waals surface area contributed by atoms with Crippen molar-refractivity contribution in [3.05, 3.63) is 40.1 Å². The van der Waals surface area contributed by atoms with Crippen LogP contribution < -0.4 is 0 Å². The molecule has 0 radical (unpaired) electrons. The molecule has 1 heterocycles. The van der Waals surface area contributed by atoms with Crippen LogP contribution in [0, 0.1) is 5.92 Å². The maximum atomic E-state index is 12.7. The number of rotatable bonds is 4. The molecule has 0 bridgehead atoms. The summed E-state index contributed by atoms with van der Waals surface area (Å²) >= 11 is 6.05. The predicted molar refractivity (Wildman–Crippen MR) is 94.5 cm³/mol. The molecule has 1 aliphatic carbocycles. The Morgan fingerprint density at radius 3 is 2.44 bits per heavy atom. The molecule has 0 spiro atoms. The van der Waals surface area contributed by atoms with Crippen molar-refractivity contribution in [2.45, 2.75) is 51.6 Å². The zero-order chi connectivity index (χ0) is 18.3. The first-order chi connectivity index (χ1) is 11.8. The monoisotopic (exact) mass is 363 g/mol. The molecule has 5 nitrogen and oxygen atoms in total. The highest BCUT2D eigenvalue weighted by Gasteiger charge is 2.47. The van der Waals surface area contributed by atoms with Gasteiger partial charge in [0.1, 0.15) is 5.75 Å². The Labute approximate surface area is 151 Å². The highest BCUT2D eigenvalue weighted by atomic mass is 35.5. The number of carbonyl (C=O) groups excluding carboxylic acids is 2. The van der Waals surface area contributed by atoms with Gasteiger partial charge in [0.2, 0.25) is 0 Å². The molecule has 134 valence electrons. The molecular weight excluding hydrogens is 342 g/mol. The average molecular weight is 364 g/mol. The Bertz CT molecular complexity index is 750. The molecule has 2 N–H and O–H groups in total. The lowest BCUT2D eigenvalue weighted by Gasteiger charge is -2.32. The summed E-state index contributed by atoms with van der Waals surface area (Å²) in [5.41, 5.74) is 0.754. The van der Waals surface area contributed by atoms with Crippen LogP contribution in [0.4, 0.5) is 0 Å². The first-order valence-electron chi connectivity index (χ1n) is 8.61. The lowest BCUT2D eigenvalue weighted by Crippen LogP contribution is -2.38. The highest BCUT2D eigenvalue weighted by Crippen LogP contribution is 2.44. The van der Waals surface area contributed by atoms with Gasteiger partial charge < -0.3 is 15.1 Å². The number of phenolic OH excluding ortho intramolecular Hbond substituents is 1. The Balaban J connectivity index is 2.12. The second-order valence-electron chi connectivity index (χ2n) is 7.05. The summed E-state index contributed by atoms with van der Waals surface area (Å²) in [4.78, 5) is 27.1. The number of hydrogen-bond donors (Lipinski definition) is 2. The summed E-state index contributed by atoms with van der Waals surface area (Å²) < 4.78 is 0. The molecule has 1 saturated carbocycles. The number of aliphatic hydroxyl groups excluding tert-OH is 1. The first-order valence-corrected chi connectivity index (χ1v) is 8.99. The van der Waals surface area contributed by atoms with Crippen LogP contribution in [0.15, 0.2) is 29.5 Å². The highest BCUT2D eigenvalue weighted by molar-refractivity contribution is 6.32. The van der Waals surface area contributed by atoms with E-state index in [9.17, 15) is 19.8 Å². The summed E-state index contributed by atoms with van der Waals surface area (Å²) in [6.07, 6.45) is 3.74. The van der Waals surface area contributed by atoms with Gasteiger partial charge in [-0.15, -0.1) is 0 Å². The molecule has 6 heteroatoms. The summed E-state index contributed by atoms with van der Waals surface area (Å²) in [5.74, 6) is -1.61. The maximum absolute atomic E-state index is 12.7. The normalized spacial score (nSPS) is 21.7. The number of nitrogens with zero attached hydrogens (tertiary/aromatic N) is 1. The number of hydrogen-bond acceptors (Lipinski definition) is 4. The smallest absolute Gasteiger partial charge is 0.290 e. The Morgan fingerprint density at radius 1 is 1.24 bits per heavy atom. The maximum Gasteiger partial charge on any atom is 0.290 e. The molecule has 25 heavy (non-hydrogen) atoms. The number of aliphatic hydroxyl groups is 1. The summed E-state index contributed by atoms with van der Waals surface area (Å²) in [7, 11) is 0. The summed E-state index contributed by atoms with van der Waals surface area (Å²) in [5, 5.41) is 20.3. The minimum absolute atomic E-state index is 0.00955. The number of aromatic hydroxyl groups is 1. The van der Waals surface area contributed by atoms with Crippen LogP contribution in [0.25, 0.3) is 0 Å². The molecule has 1 aliphatic heterocycles. The molecule has 1 unspecified atom stereocenters. The van der Waals surface area contributed by atoms with Crippen LogP contribution in [-0.4, -0.2) is 32.8 Å². The Morgan fingerprint density at radius 2 is 1.88 bits per heavy atom. The minimum Gasteiger partial charge on any atom is -0.506 e. The van der Waals surface area contributed by atoms with Gasteiger partial charge >= 0.3 is 0 Å². The summed E-state index contributed by atoms with van der Waals surface area (Å²) in [6.45, 7) is 3.48. The van der Waals surface area contributed by atoms with E-state index in [-0.39, 0.29) is 34.1 Å².